The van der Waals surface area contributed by atoms with Gasteiger partial charge in [-0.1, -0.05) is 19.8 Å². The van der Waals surface area contributed by atoms with E-state index in [1.165, 1.54) is 58.3 Å². The molecule has 1 heterocycles. The van der Waals surface area contributed by atoms with Crippen molar-refractivity contribution in [2.45, 2.75) is 45.1 Å². The summed E-state index contributed by atoms with van der Waals surface area (Å²) in [6.07, 6.45) is 7.12. The van der Waals surface area contributed by atoms with Gasteiger partial charge in [0.05, 0.1) is 0 Å². The lowest BCUT2D eigenvalue weighted by molar-refractivity contribution is 0.137. The van der Waals surface area contributed by atoms with E-state index in [1.54, 1.807) is 0 Å². The fraction of sp³-hybridized carbons (Fsp3) is 1.00. The van der Waals surface area contributed by atoms with Crippen molar-refractivity contribution >= 4 is 0 Å². The van der Waals surface area contributed by atoms with Crippen LogP contribution in [0.1, 0.15) is 39.0 Å². The van der Waals surface area contributed by atoms with Crippen LogP contribution in [0, 0.1) is 5.92 Å². The minimum absolute atomic E-state index is 0.772. The summed E-state index contributed by atoms with van der Waals surface area (Å²) in [4.78, 5) is 2.68. The number of nitrogens with one attached hydrogen (secondary N) is 1. The Morgan fingerprint density at radius 3 is 2.86 bits per heavy atom. The van der Waals surface area contributed by atoms with Gasteiger partial charge in [-0.25, -0.2) is 0 Å². The van der Waals surface area contributed by atoms with Crippen molar-refractivity contribution in [3.63, 3.8) is 0 Å². The molecule has 2 nitrogen and oxygen atoms in total. The second kappa shape index (κ2) is 5.13. The van der Waals surface area contributed by atoms with Crippen LogP contribution in [-0.2, 0) is 0 Å². The molecular weight excluding hydrogens is 172 g/mol. The van der Waals surface area contributed by atoms with E-state index in [2.05, 4.69) is 17.1 Å². The maximum atomic E-state index is 3.62. The highest BCUT2D eigenvalue weighted by Gasteiger charge is 2.24. The Morgan fingerprint density at radius 2 is 2.21 bits per heavy atom. The predicted octanol–water partition coefficient (Wildman–Crippen LogP) is 1.86. The summed E-state index contributed by atoms with van der Waals surface area (Å²) in [5.74, 6) is 1.04. The van der Waals surface area contributed by atoms with Crippen LogP contribution in [0.5, 0.6) is 0 Å². The second-order valence-electron chi connectivity index (χ2n) is 5.00. The topological polar surface area (TPSA) is 15.3 Å². The lowest BCUT2D eigenvalue weighted by Gasteiger charge is -2.38. The number of hydrogen-bond acceptors (Lipinski definition) is 2. The molecule has 2 rings (SSSR count). The van der Waals surface area contributed by atoms with Crippen LogP contribution in [0.4, 0.5) is 0 Å². The number of nitrogens with zero attached hydrogens (tertiary/aromatic N) is 1. The summed E-state index contributed by atoms with van der Waals surface area (Å²) in [5, 5.41) is 3.62. The molecule has 1 saturated carbocycles. The molecule has 1 atom stereocenters. The molecule has 0 aromatic rings. The van der Waals surface area contributed by atoms with Crippen molar-refractivity contribution in [2.75, 3.05) is 26.2 Å². The SMILES string of the molecule is CCCC1CN(CC2CCC2)CCN1. The molecule has 14 heavy (non-hydrogen) atoms. The van der Waals surface area contributed by atoms with Gasteiger partial charge in [-0.15, -0.1) is 0 Å². The zero-order valence-electron chi connectivity index (χ0n) is 9.47. The molecule has 82 valence electrons. The lowest BCUT2D eigenvalue weighted by Crippen LogP contribution is -2.52. The molecule has 1 aliphatic carbocycles. The first-order valence-electron chi connectivity index (χ1n) is 6.34. The zero-order chi connectivity index (χ0) is 9.80. The molecule has 1 aliphatic heterocycles. The summed E-state index contributed by atoms with van der Waals surface area (Å²) in [6, 6.07) is 0.772. The van der Waals surface area contributed by atoms with Crippen molar-refractivity contribution in [3.05, 3.63) is 0 Å². The summed E-state index contributed by atoms with van der Waals surface area (Å²) in [6.45, 7) is 7.44. The van der Waals surface area contributed by atoms with E-state index < -0.39 is 0 Å². The van der Waals surface area contributed by atoms with Crippen LogP contribution in [0.15, 0.2) is 0 Å². The van der Waals surface area contributed by atoms with Gasteiger partial charge < -0.3 is 10.2 Å². The number of rotatable bonds is 4. The van der Waals surface area contributed by atoms with Crippen LogP contribution < -0.4 is 5.32 Å². The van der Waals surface area contributed by atoms with Crippen molar-refractivity contribution in [1.82, 2.24) is 10.2 Å². The van der Waals surface area contributed by atoms with Crippen LogP contribution in [0.2, 0.25) is 0 Å². The number of hydrogen-bond donors (Lipinski definition) is 1. The van der Waals surface area contributed by atoms with Gasteiger partial charge in [0.25, 0.3) is 0 Å². The Hall–Kier alpha value is -0.0800. The zero-order valence-corrected chi connectivity index (χ0v) is 9.47. The molecule has 0 bridgehead atoms. The minimum atomic E-state index is 0.772. The monoisotopic (exact) mass is 196 g/mol. The molecular formula is C12H24N2. The van der Waals surface area contributed by atoms with Crippen LogP contribution in [-0.4, -0.2) is 37.1 Å². The Kier molecular flexibility index (Phi) is 3.82. The quantitative estimate of drug-likeness (QED) is 0.738. The van der Waals surface area contributed by atoms with Gasteiger partial charge in [-0.3, -0.25) is 0 Å². The molecule has 0 aromatic carbocycles. The standard InChI is InChI=1S/C12H24N2/c1-2-4-12-10-14(8-7-13-12)9-11-5-3-6-11/h11-13H,2-10H2,1H3. The maximum absolute atomic E-state index is 3.62. The van der Waals surface area contributed by atoms with Gasteiger partial charge in [0.15, 0.2) is 0 Å². The average molecular weight is 196 g/mol. The molecule has 1 saturated heterocycles. The van der Waals surface area contributed by atoms with Crippen LogP contribution in [0.3, 0.4) is 0 Å². The van der Waals surface area contributed by atoms with E-state index in [9.17, 15) is 0 Å². The summed E-state index contributed by atoms with van der Waals surface area (Å²) in [7, 11) is 0. The molecule has 0 amide bonds. The van der Waals surface area contributed by atoms with E-state index >= 15 is 0 Å². The largest absolute Gasteiger partial charge is 0.311 e. The summed E-state index contributed by atoms with van der Waals surface area (Å²) in [5.41, 5.74) is 0. The Bertz CT molecular complexity index is 164. The Labute approximate surface area is 88.1 Å². The fourth-order valence-electron chi connectivity index (χ4n) is 2.64. The van der Waals surface area contributed by atoms with Gasteiger partial charge in [-0.2, -0.15) is 0 Å². The molecule has 0 spiro atoms. The highest BCUT2D eigenvalue weighted by molar-refractivity contribution is 4.81. The molecule has 0 radical (unpaired) electrons. The predicted molar refractivity (Wildman–Crippen MR) is 60.5 cm³/mol. The normalized spacial score (nSPS) is 30.2. The second-order valence-corrected chi connectivity index (χ2v) is 5.00. The lowest BCUT2D eigenvalue weighted by atomic mass is 9.85. The Balaban J connectivity index is 1.69. The molecule has 1 N–H and O–H groups in total. The fourth-order valence-corrected chi connectivity index (χ4v) is 2.64. The summed E-state index contributed by atoms with van der Waals surface area (Å²) < 4.78 is 0. The maximum Gasteiger partial charge on any atom is 0.0195 e. The van der Waals surface area contributed by atoms with Gasteiger partial charge in [0.2, 0.25) is 0 Å². The first-order valence-corrected chi connectivity index (χ1v) is 6.34. The van der Waals surface area contributed by atoms with E-state index in [0.717, 1.165) is 12.0 Å². The molecule has 2 fully saturated rings. The van der Waals surface area contributed by atoms with E-state index in [1.807, 2.05) is 0 Å². The van der Waals surface area contributed by atoms with Gasteiger partial charge in [0.1, 0.15) is 0 Å². The van der Waals surface area contributed by atoms with Crippen molar-refractivity contribution < 1.29 is 0 Å². The average Bonchev–Trinajstić information content (AvgIpc) is 2.13. The van der Waals surface area contributed by atoms with Crippen LogP contribution >= 0.6 is 0 Å². The van der Waals surface area contributed by atoms with Gasteiger partial charge >= 0.3 is 0 Å². The smallest absolute Gasteiger partial charge is 0.0195 e. The Morgan fingerprint density at radius 1 is 1.36 bits per heavy atom. The summed E-state index contributed by atoms with van der Waals surface area (Å²) >= 11 is 0. The molecule has 2 heteroatoms. The van der Waals surface area contributed by atoms with Gasteiger partial charge in [-0.05, 0) is 25.2 Å². The minimum Gasteiger partial charge on any atom is -0.311 e. The molecule has 0 aromatic heterocycles. The third kappa shape index (κ3) is 2.71. The van der Waals surface area contributed by atoms with Crippen molar-refractivity contribution in [2.24, 2.45) is 5.92 Å². The first kappa shape index (κ1) is 10.4. The van der Waals surface area contributed by atoms with E-state index in [-0.39, 0.29) is 0 Å². The van der Waals surface area contributed by atoms with Crippen LogP contribution in [0.25, 0.3) is 0 Å². The van der Waals surface area contributed by atoms with E-state index in [4.69, 9.17) is 0 Å². The number of piperazine rings is 1. The molecule has 1 unspecified atom stereocenters. The molecule has 2 aliphatic rings. The highest BCUT2D eigenvalue weighted by atomic mass is 15.2. The third-order valence-corrected chi connectivity index (χ3v) is 3.72. The van der Waals surface area contributed by atoms with Crippen molar-refractivity contribution in [3.8, 4) is 0 Å². The van der Waals surface area contributed by atoms with Crippen molar-refractivity contribution in [1.29, 1.82) is 0 Å². The third-order valence-electron chi connectivity index (χ3n) is 3.72. The highest BCUT2D eigenvalue weighted by Crippen LogP contribution is 2.27. The van der Waals surface area contributed by atoms with E-state index in [0.29, 0.717) is 0 Å². The van der Waals surface area contributed by atoms with Gasteiger partial charge in [0, 0.05) is 32.2 Å². The first-order chi connectivity index (χ1) is 6.88.